The molecular weight excluding hydrogens is 364 g/mol. The molecule has 7 heteroatoms. The SMILES string of the molecule is CCN(CC)S(=O)(=O)c1cc(C(=O)OCc2ccc(C#N)cc2)ccc1C. The highest BCUT2D eigenvalue weighted by atomic mass is 32.2. The Kier molecular flexibility index (Phi) is 6.72. The standard InChI is InChI=1S/C20H22N2O4S/c1-4-22(5-2)27(24,25)19-12-18(11-6-15(19)3)20(23)26-14-17-9-7-16(13-21)8-10-17/h6-12H,4-5,14H2,1-3H3. The van der Waals surface area contributed by atoms with Crippen molar-refractivity contribution in [1.82, 2.24) is 4.31 Å². The molecule has 0 aliphatic heterocycles. The zero-order chi connectivity index (χ0) is 20.0. The van der Waals surface area contributed by atoms with E-state index in [1.807, 2.05) is 6.07 Å². The van der Waals surface area contributed by atoms with Gasteiger partial charge in [-0.3, -0.25) is 0 Å². The highest BCUT2D eigenvalue weighted by molar-refractivity contribution is 7.89. The molecular formula is C20H22N2O4S. The Bertz CT molecular complexity index is 956. The van der Waals surface area contributed by atoms with Crippen LogP contribution in [-0.4, -0.2) is 31.8 Å². The number of hydrogen-bond donors (Lipinski definition) is 0. The van der Waals surface area contributed by atoms with Crippen LogP contribution in [0.2, 0.25) is 0 Å². The van der Waals surface area contributed by atoms with Crippen molar-refractivity contribution in [2.45, 2.75) is 32.3 Å². The van der Waals surface area contributed by atoms with Gasteiger partial charge < -0.3 is 4.74 Å². The number of hydrogen-bond acceptors (Lipinski definition) is 5. The van der Waals surface area contributed by atoms with E-state index in [0.29, 0.717) is 24.2 Å². The molecule has 0 aliphatic carbocycles. The molecule has 0 saturated carbocycles. The third-order valence-corrected chi connectivity index (χ3v) is 6.39. The molecule has 6 nitrogen and oxygen atoms in total. The van der Waals surface area contributed by atoms with Gasteiger partial charge in [-0.25, -0.2) is 13.2 Å². The molecule has 0 spiro atoms. The maximum atomic E-state index is 12.8. The number of carbonyl (C=O) groups is 1. The minimum atomic E-state index is -3.67. The van der Waals surface area contributed by atoms with Crippen molar-refractivity contribution in [3.63, 3.8) is 0 Å². The van der Waals surface area contributed by atoms with Gasteiger partial charge >= 0.3 is 5.97 Å². The molecule has 142 valence electrons. The molecule has 2 aromatic rings. The number of nitrogens with zero attached hydrogens (tertiary/aromatic N) is 2. The third kappa shape index (κ3) is 4.73. The second-order valence-electron chi connectivity index (χ2n) is 5.95. The average molecular weight is 386 g/mol. The Labute approximate surface area is 160 Å². The van der Waals surface area contributed by atoms with Gasteiger partial charge in [0.2, 0.25) is 10.0 Å². The van der Waals surface area contributed by atoms with Crippen molar-refractivity contribution in [2.24, 2.45) is 0 Å². The van der Waals surface area contributed by atoms with Crippen molar-refractivity contribution in [3.05, 3.63) is 64.7 Å². The molecule has 0 aromatic heterocycles. The Hall–Kier alpha value is -2.69. The Morgan fingerprint density at radius 1 is 1.11 bits per heavy atom. The lowest BCUT2D eigenvalue weighted by Gasteiger charge is -2.20. The van der Waals surface area contributed by atoms with E-state index >= 15 is 0 Å². The summed E-state index contributed by atoms with van der Waals surface area (Å²) in [6.45, 7) is 5.98. The van der Waals surface area contributed by atoms with E-state index in [0.717, 1.165) is 5.56 Å². The number of nitriles is 1. The maximum Gasteiger partial charge on any atom is 0.338 e. The molecule has 2 rings (SSSR count). The predicted molar refractivity (Wildman–Crippen MR) is 102 cm³/mol. The minimum Gasteiger partial charge on any atom is -0.457 e. The van der Waals surface area contributed by atoms with Crippen LogP contribution < -0.4 is 0 Å². The van der Waals surface area contributed by atoms with Crippen LogP contribution in [0.3, 0.4) is 0 Å². The molecule has 0 unspecified atom stereocenters. The molecule has 0 atom stereocenters. The predicted octanol–water partition coefficient (Wildman–Crippen LogP) is 3.25. The third-order valence-electron chi connectivity index (χ3n) is 4.20. The fraction of sp³-hybridized carbons (Fsp3) is 0.300. The molecule has 0 N–H and O–H groups in total. The highest BCUT2D eigenvalue weighted by Crippen LogP contribution is 2.22. The first-order chi connectivity index (χ1) is 12.8. The van der Waals surface area contributed by atoms with Gasteiger partial charge in [-0.15, -0.1) is 0 Å². The van der Waals surface area contributed by atoms with Gasteiger partial charge in [0.05, 0.1) is 22.1 Å². The summed E-state index contributed by atoms with van der Waals surface area (Å²) in [5, 5.41) is 8.80. The topological polar surface area (TPSA) is 87.5 Å². The van der Waals surface area contributed by atoms with E-state index in [2.05, 4.69) is 0 Å². The van der Waals surface area contributed by atoms with E-state index in [4.69, 9.17) is 10.00 Å². The van der Waals surface area contributed by atoms with E-state index in [1.54, 1.807) is 57.2 Å². The van der Waals surface area contributed by atoms with Crippen molar-refractivity contribution < 1.29 is 17.9 Å². The number of esters is 1. The van der Waals surface area contributed by atoms with Gasteiger partial charge in [0.25, 0.3) is 0 Å². The maximum absolute atomic E-state index is 12.8. The molecule has 0 radical (unpaired) electrons. The van der Waals surface area contributed by atoms with Gasteiger partial charge in [0.1, 0.15) is 6.61 Å². The zero-order valence-electron chi connectivity index (χ0n) is 15.6. The fourth-order valence-corrected chi connectivity index (χ4v) is 4.32. The first kappa shape index (κ1) is 20.6. The first-order valence-electron chi connectivity index (χ1n) is 8.60. The molecule has 0 bridgehead atoms. The molecule has 27 heavy (non-hydrogen) atoms. The van der Waals surface area contributed by atoms with Crippen LogP contribution in [-0.2, 0) is 21.4 Å². The number of benzene rings is 2. The summed E-state index contributed by atoms with van der Waals surface area (Å²) in [6.07, 6.45) is 0. The second-order valence-corrected chi connectivity index (χ2v) is 7.86. The zero-order valence-corrected chi connectivity index (χ0v) is 16.4. The van der Waals surface area contributed by atoms with Crippen LogP contribution in [0.1, 0.15) is 40.9 Å². The minimum absolute atomic E-state index is 0.0382. The fourth-order valence-electron chi connectivity index (χ4n) is 2.62. The van der Waals surface area contributed by atoms with Crippen LogP contribution in [0.25, 0.3) is 0 Å². The van der Waals surface area contributed by atoms with Gasteiger partial charge in [0, 0.05) is 13.1 Å². The van der Waals surface area contributed by atoms with Crippen molar-refractivity contribution in [1.29, 1.82) is 5.26 Å². The molecule has 0 fully saturated rings. The summed E-state index contributed by atoms with van der Waals surface area (Å²) in [7, 11) is -3.67. The lowest BCUT2D eigenvalue weighted by atomic mass is 10.1. The largest absolute Gasteiger partial charge is 0.457 e. The summed E-state index contributed by atoms with van der Waals surface area (Å²) in [5.41, 5.74) is 2.02. The number of ether oxygens (including phenoxy) is 1. The normalized spacial score (nSPS) is 11.2. The van der Waals surface area contributed by atoms with E-state index in [-0.39, 0.29) is 17.1 Å². The number of sulfonamides is 1. The molecule has 0 amide bonds. The number of rotatable bonds is 7. The van der Waals surface area contributed by atoms with Crippen LogP contribution in [0.5, 0.6) is 0 Å². The van der Waals surface area contributed by atoms with E-state index < -0.39 is 16.0 Å². The molecule has 2 aromatic carbocycles. The summed E-state index contributed by atoms with van der Waals surface area (Å²) in [4.78, 5) is 12.5. The highest BCUT2D eigenvalue weighted by Gasteiger charge is 2.25. The van der Waals surface area contributed by atoms with E-state index in [1.165, 1.54) is 10.4 Å². The van der Waals surface area contributed by atoms with Crippen LogP contribution in [0.4, 0.5) is 0 Å². The summed E-state index contributed by atoms with van der Waals surface area (Å²) in [5.74, 6) is -0.602. The smallest absolute Gasteiger partial charge is 0.338 e. The Balaban J connectivity index is 2.21. The van der Waals surface area contributed by atoms with E-state index in [9.17, 15) is 13.2 Å². The van der Waals surface area contributed by atoms with Gasteiger partial charge in [-0.2, -0.15) is 9.57 Å². The number of aryl methyl sites for hydroxylation is 1. The van der Waals surface area contributed by atoms with Crippen molar-refractivity contribution >= 4 is 16.0 Å². The second kappa shape index (κ2) is 8.80. The Morgan fingerprint density at radius 2 is 1.74 bits per heavy atom. The van der Waals surface area contributed by atoms with Crippen molar-refractivity contribution in [2.75, 3.05) is 13.1 Å². The number of carbonyl (C=O) groups excluding carboxylic acids is 1. The first-order valence-corrected chi connectivity index (χ1v) is 10.0. The van der Waals surface area contributed by atoms with Crippen LogP contribution in [0, 0.1) is 18.3 Å². The molecule has 0 heterocycles. The van der Waals surface area contributed by atoms with Crippen LogP contribution >= 0.6 is 0 Å². The van der Waals surface area contributed by atoms with Gasteiger partial charge in [-0.05, 0) is 42.3 Å². The molecule has 0 saturated heterocycles. The monoisotopic (exact) mass is 386 g/mol. The lowest BCUT2D eigenvalue weighted by molar-refractivity contribution is 0.0472. The average Bonchev–Trinajstić information content (AvgIpc) is 2.67. The van der Waals surface area contributed by atoms with Gasteiger partial charge in [-0.1, -0.05) is 32.0 Å². The van der Waals surface area contributed by atoms with Crippen molar-refractivity contribution in [3.8, 4) is 6.07 Å². The molecule has 0 aliphatic rings. The van der Waals surface area contributed by atoms with Gasteiger partial charge in [0.15, 0.2) is 0 Å². The summed E-state index contributed by atoms with van der Waals surface area (Å²) in [6, 6.07) is 13.2. The Morgan fingerprint density at radius 3 is 2.30 bits per heavy atom. The van der Waals surface area contributed by atoms with Crippen LogP contribution in [0.15, 0.2) is 47.4 Å². The summed E-state index contributed by atoms with van der Waals surface area (Å²) >= 11 is 0. The summed E-state index contributed by atoms with van der Waals surface area (Å²) < 4.78 is 32.2. The lowest BCUT2D eigenvalue weighted by Crippen LogP contribution is -2.31. The quantitative estimate of drug-likeness (QED) is 0.682.